The van der Waals surface area contributed by atoms with Crippen LogP contribution in [-0.2, 0) is 4.79 Å². The lowest BCUT2D eigenvalue weighted by Gasteiger charge is -2.23. The summed E-state index contributed by atoms with van der Waals surface area (Å²) in [6.07, 6.45) is 4.78. The molecule has 0 aliphatic heterocycles. The number of hydrogen-bond donors (Lipinski definition) is 2. The Hall–Kier alpha value is -1.08. The normalized spacial score (nSPS) is 16.2. The van der Waals surface area contributed by atoms with Gasteiger partial charge in [-0.1, -0.05) is 0 Å². The van der Waals surface area contributed by atoms with Gasteiger partial charge in [0.15, 0.2) is 0 Å². The van der Waals surface area contributed by atoms with Gasteiger partial charge in [0, 0.05) is 12.3 Å². The highest BCUT2D eigenvalue weighted by Crippen LogP contribution is 2.10. The molecule has 0 aliphatic rings. The van der Waals surface area contributed by atoms with Gasteiger partial charge in [0.1, 0.15) is 18.7 Å². The smallest absolute Gasteiger partial charge is 0.244 e. The van der Waals surface area contributed by atoms with E-state index in [9.17, 15) is 9.90 Å². The minimum absolute atomic E-state index is 0.183. The molecule has 2 unspecified atom stereocenters. The highest BCUT2D eigenvalue weighted by molar-refractivity contribution is 7.98. The van der Waals surface area contributed by atoms with Gasteiger partial charge >= 0.3 is 0 Å². The van der Waals surface area contributed by atoms with E-state index in [1.807, 2.05) is 6.26 Å². The van der Waals surface area contributed by atoms with E-state index in [-0.39, 0.29) is 12.5 Å². The number of nitrogens with zero attached hydrogens (tertiary/aromatic N) is 3. The molecule has 1 amide bonds. The van der Waals surface area contributed by atoms with E-state index < -0.39 is 11.6 Å². The van der Waals surface area contributed by atoms with Gasteiger partial charge in [-0.25, -0.2) is 9.67 Å². The summed E-state index contributed by atoms with van der Waals surface area (Å²) in [6.45, 7) is 3.66. The van der Waals surface area contributed by atoms with Gasteiger partial charge in [-0.05, 0) is 20.1 Å². The van der Waals surface area contributed by atoms with Crippen molar-refractivity contribution in [2.75, 3.05) is 18.6 Å². The van der Waals surface area contributed by atoms with Gasteiger partial charge in [0.05, 0.1) is 5.60 Å². The zero-order chi connectivity index (χ0) is 12.9. The van der Waals surface area contributed by atoms with Gasteiger partial charge in [-0.2, -0.15) is 16.9 Å². The molecule has 2 atom stereocenters. The molecule has 0 aromatic carbocycles. The van der Waals surface area contributed by atoms with E-state index in [1.54, 1.807) is 13.8 Å². The Labute approximate surface area is 105 Å². The van der Waals surface area contributed by atoms with Crippen molar-refractivity contribution in [3.8, 4) is 0 Å². The van der Waals surface area contributed by atoms with Crippen molar-refractivity contribution in [3.05, 3.63) is 12.7 Å². The Bertz CT molecular complexity index is 353. The molecule has 0 spiro atoms. The lowest BCUT2D eigenvalue weighted by atomic mass is 10.1. The van der Waals surface area contributed by atoms with Crippen LogP contribution in [0.1, 0.15) is 19.9 Å². The monoisotopic (exact) mass is 258 g/mol. The van der Waals surface area contributed by atoms with Crippen molar-refractivity contribution in [2.45, 2.75) is 25.5 Å². The molecule has 0 bridgehead atoms. The summed E-state index contributed by atoms with van der Waals surface area (Å²) in [5, 5.41) is 16.5. The van der Waals surface area contributed by atoms with Crippen molar-refractivity contribution >= 4 is 17.7 Å². The summed E-state index contributed by atoms with van der Waals surface area (Å²) >= 11 is 1.54. The summed E-state index contributed by atoms with van der Waals surface area (Å²) < 4.78 is 1.47. The average Bonchev–Trinajstić information content (AvgIpc) is 2.78. The first-order valence-electron chi connectivity index (χ1n) is 5.29. The van der Waals surface area contributed by atoms with Crippen LogP contribution < -0.4 is 5.32 Å². The topological polar surface area (TPSA) is 80.0 Å². The van der Waals surface area contributed by atoms with Crippen LogP contribution in [0.3, 0.4) is 0 Å². The first-order chi connectivity index (χ1) is 7.96. The number of hydrogen-bond acceptors (Lipinski definition) is 5. The predicted octanol–water partition coefficient (Wildman–Crippen LogP) is 0.0693. The lowest BCUT2D eigenvalue weighted by Crippen LogP contribution is -2.44. The molecule has 1 rings (SSSR count). The Morgan fingerprint density at radius 2 is 2.41 bits per heavy atom. The zero-order valence-corrected chi connectivity index (χ0v) is 11.1. The van der Waals surface area contributed by atoms with Gasteiger partial charge in [0.25, 0.3) is 0 Å². The maximum Gasteiger partial charge on any atom is 0.244 e. The fraction of sp³-hybridized carbons (Fsp3) is 0.700. The summed E-state index contributed by atoms with van der Waals surface area (Å²) in [7, 11) is 0. The van der Waals surface area contributed by atoms with Gasteiger partial charge in [-0.15, -0.1) is 0 Å². The van der Waals surface area contributed by atoms with Crippen LogP contribution in [0, 0.1) is 0 Å². The van der Waals surface area contributed by atoms with Crippen LogP contribution in [0.15, 0.2) is 12.7 Å². The number of carbonyl (C=O) groups is 1. The maximum absolute atomic E-state index is 11.8. The molecule has 7 heteroatoms. The third-order valence-corrected chi connectivity index (χ3v) is 3.22. The number of carbonyl (C=O) groups excluding carboxylic acids is 1. The first kappa shape index (κ1) is 14.0. The van der Waals surface area contributed by atoms with Crippen molar-refractivity contribution in [1.82, 2.24) is 20.1 Å². The van der Waals surface area contributed by atoms with Gasteiger partial charge < -0.3 is 10.4 Å². The van der Waals surface area contributed by atoms with E-state index in [0.717, 1.165) is 0 Å². The molecule has 2 N–H and O–H groups in total. The molecule has 1 aromatic rings. The number of aromatic nitrogens is 3. The molecule has 0 aliphatic carbocycles. The third-order valence-electron chi connectivity index (χ3n) is 2.31. The fourth-order valence-electron chi connectivity index (χ4n) is 1.32. The van der Waals surface area contributed by atoms with Crippen molar-refractivity contribution in [1.29, 1.82) is 0 Å². The zero-order valence-electron chi connectivity index (χ0n) is 10.3. The predicted molar refractivity (Wildman–Crippen MR) is 66.7 cm³/mol. The minimum Gasteiger partial charge on any atom is -0.387 e. The minimum atomic E-state index is -0.892. The average molecular weight is 258 g/mol. The highest BCUT2D eigenvalue weighted by Gasteiger charge is 2.22. The standard InChI is InChI=1S/C10H18N4O2S/c1-8(14-7-11-6-13-14)9(15)12-4-10(2,16)5-17-3/h6-8,16H,4-5H2,1-3H3,(H,12,15). The fourth-order valence-corrected chi connectivity index (χ4v) is 2.05. The lowest BCUT2D eigenvalue weighted by molar-refractivity contribution is -0.125. The van der Waals surface area contributed by atoms with E-state index in [1.165, 1.54) is 29.1 Å². The Morgan fingerprint density at radius 1 is 1.71 bits per heavy atom. The molecular formula is C10H18N4O2S. The Morgan fingerprint density at radius 3 is 2.94 bits per heavy atom. The first-order valence-corrected chi connectivity index (χ1v) is 6.69. The molecule has 1 heterocycles. The van der Waals surface area contributed by atoms with Crippen molar-refractivity contribution < 1.29 is 9.90 Å². The van der Waals surface area contributed by atoms with Crippen LogP contribution in [0.25, 0.3) is 0 Å². The summed E-state index contributed by atoms with van der Waals surface area (Å²) in [5.41, 5.74) is -0.892. The molecule has 0 saturated carbocycles. The summed E-state index contributed by atoms with van der Waals surface area (Å²) in [6, 6.07) is -0.428. The van der Waals surface area contributed by atoms with Crippen molar-refractivity contribution in [3.63, 3.8) is 0 Å². The Balaban J connectivity index is 2.45. The second-order valence-corrected chi connectivity index (χ2v) is 5.07. The molecule has 1 aromatic heterocycles. The molecular weight excluding hydrogens is 240 g/mol. The molecule has 17 heavy (non-hydrogen) atoms. The van der Waals surface area contributed by atoms with E-state index in [0.29, 0.717) is 5.75 Å². The number of amides is 1. The molecule has 6 nitrogen and oxygen atoms in total. The largest absolute Gasteiger partial charge is 0.387 e. The van der Waals surface area contributed by atoms with Crippen LogP contribution in [0.2, 0.25) is 0 Å². The van der Waals surface area contributed by atoms with E-state index >= 15 is 0 Å². The van der Waals surface area contributed by atoms with Crippen molar-refractivity contribution in [2.24, 2.45) is 0 Å². The van der Waals surface area contributed by atoms with Crippen LogP contribution >= 0.6 is 11.8 Å². The second kappa shape index (κ2) is 6.02. The van der Waals surface area contributed by atoms with Crippen LogP contribution in [0.5, 0.6) is 0 Å². The van der Waals surface area contributed by atoms with Gasteiger partial charge in [0.2, 0.25) is 5.91 Å². The number of nitrogens with one attached hydrogen (secondary N) is 1. The van der Waals surface area contributed by atoms with E-state index in [4.69, 9.17) is 0 Å². The molecule has 0 saturated heterocycles. The van der Waals surface area contributed by atoms with Crippen LogP contribution in [0.4, 0.5) is 0 Å². The quantitative estimate of drug-likeness (QED) is 0.755. The van der Waals surface area contributed by atoms with Gasteiger partial charge in [-0.3, -0.25) is 4.79 Å². The summed E-state index contributed by atoms with van der Waals surface area (Å²) in [4.78, 5) is 15.6. The molecule has 0 radical (unpaired) electrons. The number of aliphatic hydroxyl groups is 1. The van der Waals surface area contributed by atoms with E-state index in [2.05, 4.69) is 15.4 Å². The Kier molecular flexibility index (Phi) is 4.95. The summed E-state index contributed by atoms with van der Waals surface area (Å²) in [5.74, 6) is 0.391. The molecule has 0 fully saturated rings. The number of thioether (sulfide) groups is 1. The number of rotatable bonds is 6. The van der Waals surface area contributed by atoms with Crippen LogP contribution in [-0.4, -0.2) is 49.9 Å². The molecule has 96 valence electrons. The SMILES string of the molecule is CSCC(C)(O)CNC(=O)C(C)n1cncn1. The third kappa shape index (κ3) is 4.35. The maximum atomic E-state index is 11.8. The second-order valence-electron chi connectivity index (χ2n) is 4.20. The highest BCUT2D eigenvalue weighted by atomic mass is 32.2.